The second-order valence-electron chi connectivity index (χ2n) is 13.0. The molecule has 6 nitrogen and oxygen atoms in total. The number of hydrogen-bond acceptors (Lipinski definition) is 4. The van der Waals surface area contributed by atoms with Crippen LogP contribution in [0.5, 0.6) is 5.75 Å². The van der Waals surface area contributed by atoms with Gasteiger partial charge >= 0.3 is 5.97 Å². The fourth-order valence-electron chi connectivity index (χ4n) is 9.84. The largest absolute Gasteiger partial charge is 0.508 e. The van der Waals surface area contributed by atoms with Gasteiger partial charge in [-0.25, -0.2) is 4.90 Å². The first-order valence-corrected chi connectivity index (χ1v) is 13.6. The number of carbonyl (C=O) groups excluding carboxylic acids is 2. The molecule has 6 heteroatoms. The normalized spacial score (nSPS) is 43.2. The number of hydrogen-bond donors (Lipinski definition) is 2. The van der Waals surface area contributed by atoms with Gasteiger partial charge in [-0.3, -0.25) is 14.4 Å². The summed E-state index contributed by atoms with van der Waals surface area (Å²) in [7, 11) is 0. The van der Waals surface area contributed by atoms with Crippen molar-refractivity contribution in [2.75, 3.05) is 4.90 Å². The minimum Gasteiger partial charge on any atom is -0.508 e. The Morgan fingerprint density at radius 3 is 2.50 bits per heavy atom. The van der Waals surface area contributed by atoms with Crippen molar-refractivity contribution in [1.29, 1.82) is 0 Å². The van der Waals surface area contributed by atoms with Gasteiger partial charge < -0.3 is 10.2 Å². The molecule has 2 N–H and O–H groups in total. The predicted octanol–water partition coefficient (Wildman–Crippen LogP) is 5.41. The molecule has 2 bridgehead atoms. The van der Waals surface area contributed by atoms with Gasteiger partial charge in [-0.15, -0.1) is 0 Å². The highest BCUT2D eigenvalue weighted by Crippen LogP contribution is 2.74. The first-order chi connectivity index (χ1) is 17.0. The topological polar surface area (TPSA) is 94.9 Å². The number of carbonyl (C=O) groups is 3. The van der Waals surface area contributed by atoms with Crippen molar-refractivity contribution in [3.05, 3.63) is 35.9 Å². The van der Waals surface area contributed by atoms with Gasteiger partial charge in [0.25, 0.3) is 0 Å². The van der Waals surface area contributed by atoms with E-state index in [2.05, 4.69) is 26.8 Å². The Kier molecular flexibility index (Phi) is 4.92. The lowest BCUT2D eigenvalue weighted by atomic mass is 9.34. The third-order valence-corrected chi connectivity index (χ3v) is 11.2. The SMILES string of the molecule is CC(C)C1=C[C@@]23CC[C@@H]4[C@](C)(CCC[C@@]4(C)C(=O)O)[C@H]2C[C@@H]1[C@@H]1C(=O)N(c2cccc(O)c2)C(=O)[C@@H]13. The standard InChI is InChI=1S/C30H37NO5/c1-16(2)20-15-30-12-9-21-28(3,10-6-11-29(21,4)27(35)36)22(30)14-19(20)23-24(30)26(34)31(25(23)33)17-7-5-8-18(32)13-17/h5,7-8,13,15-16,19,21-24,32H,6,9-12,14H2,1-4H3,(H,35,36)/t19-,21+,22+,23-,24+,28-,29+,30-/m0/s1. The molecule has 1 aromatic carbocycles. The van der Waals surface area contributed by atoms with Crippen molar-refractivity contribution in [1.82, 2.24) is 0 Å². The van der Waals surface area contributed by atoms with E-state index in [9.17, 15) is 24.6 Å². The lowest BCUT2D eigenvalue weighted by Crippen LogP contribution is -2.65. The fraction of sp³-hybridized carbons (Fsp3) is 0.633. The van der Waals surface area contributed by atoms with Crippen molar-refractivity contribution in [3.63, 3.8) is 0 Å². The van der Waals surface area contributed by atoms with Crippen molar-refractivity contribution in [2.24, 2.45) is 51.8 Å². The fourth-order valence-corrected chi connectivity index (χ4v) is 9.84. The number of carboxylic acids is 1. The molecule has 0 radical (unpaired) electrons. The van der Waals surface area contributed by atoms with Crippen LogP contribution in [-0.2, 0) is 14.4 Å². The molecule has 8 atom stereocenters. The number of fused-ring (bicyclic) bond motifs is 1. The maximum absolute atomic E-state index is 14.2. The van der Waals surface area contributed by atoms with Crippen LogP contribution in [0.25, 0.3) is 0 Å². The van der Waals surface area contributed by atoms with Crippen LogP contribution in [0, 0.1) is 51.8 Å². The zero-order chi connectivity index (χ0) is 25.8. The van der Waals surface area contributed by atoms with E-state index in [-0.39, 0.29) is 52.6 Å². The predicted molar refractivity (Wildman–Crippen MR) is 135 cm³/mol. The van der Waals surface area contributed by atoms with E-state index >= 15 is 0 Å². The molecule has 1 saturated heterocycles. The van der Waals surface area contributed by atoms with E-state index in [0.29, 0.717) is 12.1 Å². The van der Waals surface area contributed by atoms with Crippen LogP contribution in [0.3, 0.4) is 0 Å². The summed E-state index contributed by atoms with van der Waals surface area (Å²) in [6, 6.07) is 6.43. The van der Waals surface area contributed by atoms with Crippen LogP contribution >= 0.6 is 0 Å². The number of benzene rings is 1. The van der Waals surface area contributed by atoms with E-state index in [1.54, 1.807) is 18.2 Å². The highest BCUT2D eigenvalue weighted by Gasteiger charge is 2.73. The molecule has 3 saturated carbocycles. The zero-order valence-corrected chi connectivity index (χ0v) is 21.7. The minimum atomic E-state index is -0.752. The van der Waals surface area contributed by atoms with Crippen LogP contribution in [0.15, 0.2) is 35.9 Å². The summed E-state index contributed by atoms with van der Waals surface area (Å²) in [4.78, 5) is 42.0. The molecule has 0 aromatic heterocycles. The average Bonchev–Trinajstić information content (AvgIpc) is 3.10. The van der Waals surface area contributed by atoms with Crippen LogP contribution < -0.4 is 4.90 Å². The van der Waals surface area contributed by atoms with Gasteiger partial charge in [0.2, 0.25) is 11.8 Å². The quantitative estimate of drug-likeness (QED) is 0.436. The van der Waals surface area contributed by atoms with Crippen LogP contribution in [-0.4, -0.2) is 28.0 Å². The summed E-state index contributed by atoms with van der Waals surface area (Å²) < 4.78 is 0. The van der Waals surface area contributed by atoms with E-state index in [1.807, 2.05) is 6.92 Å². The maximum Gasteiger partial charge on any atom is 0.309 e. The highest BCUT2D eigenvalue weighted by molar-refractivity contribution is 6.23. The zero-order valence-electron chi connectivity index (χ0n) is 21.7. The Bertz CT molecular complexity index is 1200. The van der Waals surface area contributed by atoms with E-state index in [4.69, 9.17) is 0 Å². The number of aliphatic carboxylic acids is 1. The summed E-state index contributed by atoms with van der Waals surface area (Å²) in [6.07, 6.45) is 7.30. The Morgan fingerprint density at radius 2 is 1.83 bits per heavy atom. The number of allylic oxidation sites excluding steroid dienone is 2. The molecular weight excluding hydrogens is 454 g/mol. The molecule has 1 heterocycles. The number of carboxylic acid groups (broad SMARTS) is 1. The minimum absolute atomic E-state index is 0.00535. The molecule has 2 amide bonds. The molecule has 1 aliphatic heterocycles. The van der Waals surface area contributed by atoms with Crippen LogP contribution in [0.4, 0.5) is 5.69 Å². The van der Waals surface area contributed by atoms with Crippen molar-refractivity contribution >= 4 is 23.5 Å². The van der Waals surface area contributed by atoms with Crippen LogP contribution in [0.2, 0.25) is 0 Å². The number of phenols is 1. The Balaban J connectivity index is 1.50. The molecule has 5 aliphatic carbocycles. The Morgan fingerprint density at radius 1 is 1.08 bits per heavy atom. The molecule has 4 fully saturated rings. The van der Waals surface area contributed by atoms with Gasteiger partial charge in [-0.05, 0) is 80.2 Å². The van der Waals surface area contributed by atoms with Gasteiger partial charge in [0, 0.05) is 11.5 Å². The van der Waals surface area contributed by atoms with Gasteiger partial charge in [-0.1, -0.05) is 44.9 Å². The molecular formula is C30H37NO5. The molecule has 6 aliphatic rings. The monoisotopic (exact) mass is 491 g/mol. The first-order valence-electron chi connectivity index (χ1n) is 13.6. The van der Waals surface area contributed by atoms with E-state index in [1.165, 1.54) is 16.5 Å². The molecule has 1 aromatic rings. The summed E-state index contributed by atoms with van der Waals surface area (Å²) in [5.41, 5.74) is 0.366. The Labute approximate surface area is 212 Å². The summed E-state index contributed by atoms with van der Waals surface area (Å²) in [6.45, 7) is 8.58. The molecule has 36 heavy (non-hydrogen) atoms. The second-order valence-corrected chi connectivity index (χ2v) is 13.0. The van der Waals surface area contributed by atoms with E-state index in [0.717, 1.165) is 32.1 Å². The lowest BCUT2D eigenvalue weighted by Gasteiger charge is -2.68. The summed E-state index contributed by atoms with van der Waals surface area (Å²) in [5, 5.41) is 20.3. The number of amides is 2. The third kappa shape index (κ3) is 2.76. The lowest BCUT2D eigenvalue weighted by molar-refractivity contribution is -0.194. The molecule has 192 valence electrons. The number of phenolic OH excluding ortho intramolecular Hbond substituents is 1. The van der Waals surface area contributed by atoms with Crippen molar-refractivity contribution in [3.8, 4) is 5.75 Å². The second kappa shape index (κ2) is 7.45. The number of rotatable bonds is 3. The number of aromatic hydroxyl groups is 1. The van der Waals surface area contributed by atoms with E-state index < -0.39 is 22.7 Å². The highest BCUT2D eigenvalue weighted by atomic mass is 16.4. The van der Waals surface area contributed by atoms with Gasteiger partial charge in [-0.2, -0.15) is 0 Å². The first kappa shape index (κ1) is 23.7. The van der Waals surface area contributed by atoms with Gasteiger partial charge in [0.1, 0.15) is 5.75 Å². The average molecular weight is 492 g/mol. The van der Waals surface area contributed by atoms with Crippen molar-refractivity contribution in [2.45, 2.75) is 66.2 Å². The summed E-state index contributed by atoms with van der Waals surface area (Å²) in [5.74, 6) is -1.24. The molecule has 0 unspecified atom stereocenters. The molecule has 7 rings (SSSR count). The molecule has 1 spiro atoms. The third-order valence-electron chi connectivity index (χ3n) is 11.2. The van der Waals surface area contributed by atoms with Gasteiger partial charge in [0.05, 0.1) is 22.9 Å². The summed E-state index contributed by atoms with van der Waals surface area (Å²) >= 11 is 0. The van der Waals surface area contributed by atoms with Crippen molar-refractivity contribution < 1.29 is 24.6 Å². The maximum atomic E-state index is 14.2. The number of nitrogens with zero attached hydrogens (tertiary/aromatic N) is 1. The smallest absolute Gasteiger partial charge is 0.309 e. The van der Waals surface area contributed by atoms with Crippen LogP contribution in [0.1, 0.15) is 66.2 Å². The number of imide groups is 1. The Hall–Kier alpha value is -2.63. The van der Waals surface area contributed by atoms with Gasteiger partial charge in [0.15, 0.2) is 0 Å². The number of anilines is 1.